The molecule has 8 nitrogen and oxygen atoms in total. The van der Waals surface area contributed by atoms with Crippen LogP contribution in [0, 0.1) is 12.7 Å². The molecule has 0 aliphatic carbocycles. The largest absolute Gasteiger partial charge is 0.348 e. The lowest BCUT2D eigenvalue weighted by molar-refractivity contribution is -0.172. The molecule has 2 aromatic heterocycles. The molecule has 6 rings (SSSR count). The van der Waals surface area contributed by atoms with Gasteiger partial charge in [-0.15, -0.1) is 0 Å². The monoisotopic (exact) mass is 562 g/mol. The first-order chi connectivity index (χ1) is 19.7. The number of aromatic amines is 1. The summed E-state index contributed by atoms with van der Waals surface area (Å²) in [4.78, 5) is 33.7. The van der Waals surface area contributed by atoms with Gasteiger partial charge in [-0.1, -0.05) is 18.2 Å². The van der Waals surface area contributed by atoms with Gasteiger partial charge in [0.05, 0.1) is 24.6 Å². The first kappa shape index (κ1) is 26.9. The summed E-state index contributed by atoms with van der Waals surface area (Å²) in [5, 5.41) is 11.3. The number of rotatable bonds is 6. The minimum Gasteiger partial charge on any atom is -0.348 e. The molecule has 2 amide bonds. The van der Waals surface area contributed by atoms with Gasteiger partial charge in [0, 0.05) is 53.1 Å². The van der Waals surface area contributed by atoms with Crippen molar-refractivity contribution in [1.29, 1.82) is 0 Å². The van der Waals surface area contributed by atoms with Crippen molar-refractivity contribution in [3.63, 3.8) is 0 Å². The van der Waals surface area contributed by atoms with Crippen molar-refractivity contribution >= 4 is 22.7 Å². The standard InChI is InChI=1S/C30H29F3N6O2/c1-18-12-19(10-11-34-18)27-23-13-20(6-8-25(23)36-37-27)28(40)35-22-7-9-26(29(41)39-16-30(32,33)17-39)38(15-22)14-21-4-2-3-5-24(21)31/h2-6,8,10-13,22,26H,7,9,14-17H2,1H3,(H,35,40)(H,36,37)/t22-,26?/m1/s1. The van der Waals surface area contributed by atoms with Gasteiger partial charge < -0.3 is 10.2 Å². The number of aryl methyl sites for hydroxylation is 1. The second-order valence-corrected chi connectivity index (χ2v) is 10.9. The predicted octanol–water partition coefficient (Wildman–Crippen LogP) is 4.31. The summed E-state index contributed by atoms with van der Waals surface area (Å²) in [6.45, 7) is 1.08. The van der Waals surface area contributed by atoms with Gasteiger partial charge in [0.25, 0.3) is 11.8 Å². The minimum absolute atomic E-state index is 0.120. The summed E-state index contributed by atoms with van der Waals surface area (Å²) in [6.07, 6.45) is 2.55. The number of piperidine rings is 1. The number of pyridine rings is 1. The second-order valence-electron chi connectivity index (χ2n) is 10.9. The molecule has 0 bridgehead atoms. The van der Waals surface area contributed by atoms with E-state index in [0.29, 0.717) is 29.7 Å². The summed E-state index contributed by atoms with van der Waals surface area (Å²) < 4.78 is 41.5. The van der Waals surface area contributed by atoms with Crippen LogP contribution < -0.4 is 5.32 Å². The molecule has 0 saturated carbocycles. The third-order valence-electron chi connectivity index (χ3n) is 7.79. The van der Waals surface area contributed by atoms with Crippen molar-refractivity contribution in [1.82, 2.24) is 30.3 Å². The number of nitrogens with zero attached hydrogens (tertiary/aromatic N) is 4. The SMILES string of the molecule is Cc1cc(-c2n[nH]c3ccc(C(=O)N[C@@H]4CCC(C(=O)N5CC(F)(F)C5)N(Cc5ccccc5F)C4)cc23)ccn1. The maximum Gasteiger partial charge on any atom is 0.282 e. The van der Waals surface area contributed by atoms with Crippen molar-refractivity contribution in [2.75, 3.05) is 19.6 Å². The number of nitrogens with one attached hydrogen (secondary N) is 2. The summed E-state index contributed by atoms with van der Waals surface area (Å²) >= 11 is 0. The first-order valence-corrected chi connectivity index (χ1v) is 13.5. The Kier molecular flexibility index (Phi) is 6.98. The van der Waals surface area contributed by atoms with Crippen LogP contribution in [-0.2, 0) is 11.3 Å². The van der Waals surface area contributed by atoms with E-state index in [9.17, 15) is 22.8 Å². The van der Waals surface area contributed by atoms with Gasteiger partial charge in [0.1, 0.15) is 11.5 Å². The molecule has 0 spiro atoms. The fraction of sp³-hybridized carbons (Fsp3) is 0.333. The van der Waals surface area contributed by atoms with Gasteiger partial charge in [-0.2, -0.15) is 5.10 Å². The molecule has 2 N–H and O–H groups in total. The molecular weight excluding hydrogens is 533 g/mol. The maximum absolute atomic E-state index is 14.5. The van der Waals surface area contributed by atoms with E-state index in [2.05, 4.69) is 20.5 Å². The van der Waals surface area contributed by atoms with Crippen molar-refractivity contribution in [3.05, 3.63) is 83.4 Å². The Morgan fingerprint density at radius 2 is 1.90 bits per heavy atom. The van der Waals surface area contributed by atoms with Crippen LogP contribution in [0.25, 0.3) is 22.2 Å². The second kappa shape index (κ2) is 10.6. The zero-order chi connectivity index (χ0) is 28.7. The number of halogens is 3. The van der Waals surface area contributed by atoms with Crippen LogP contribution in [0.3, 0.4) is 0 Å². The molecule has 4 aromatic rings. The zero-order valence-corrected chi connectivity index (χ0v) is 22.4. The molecule has 2 fully saturated rings. The molecule has 2 aromatic carbocycles. The molecule has 2 aliphatic heterocycles. The third-order valence-corrected chi connectivity index (χ3v) is 7.79. The number of carbonyl (C=O) groups is 2. The van der Waals surface area contributed by atoms with E-state index in [1.807, 2.05) is 19.1 Å². The fourth-order valence-corrected chi connectivity index (χ4v) is 5.68. The van der Waals surface area contributed by atoms with Crippen LogP contribution >= 0.6 is 0 Å². The Hall–Kier alpha value is -4.25. The number of carbonyl (C=O) groups excluding carboxylic acids is 2. The van der Waals surface area contributed by atoms with Gasteiger partial charge in [0.2, 0.25) is 5.91 Å². The minimum atomic E-state index is -2.87. The van der Waals surface area contributed by atoms with E-state index in [0.717, 1.165) is 27.1 Å². The van der Waals surface area contributed by atoms with Crippen LogP contribution in [-0.4, -0.2) is 74.4 Å². The highest BCUT2D eigenvalue weighted by atomic mass is 19.3. The summed E-state index contributed by atoms with van der Waals surface area (Å²) in [5.74, 6) is -3.95. The van der Waals surface area contributed by atoms with Crippen LogP contribution in [0.1, 0.15) is 34.5 Å². The van der Waals surface area contributed by atoms with Gasteiger partial charge >= 0.3 is 0 Å². The molecular formula is C30H29F3N6O2. The van der Waals surface area contributed by atoms with Crippen molar-refractivity contribution < 1.29 is 22.8 Å². The number of fused-ring (bicyclic) bond motifs is 1. The van der Waals surface area contributed by atoms with Crippen LogP contribution in [0.2, 0.25) is 0 Å². The lowest BCUT2D eigenvalue weighted by Gasteiger charge is -2.45. The lowest BCUT2D eigenvalue weighted by Crippen LogP contribution is -2.64. The Labute approximate surface area is 234 Å². The van der Waals surface area contributed by atoms with Gasteiger partial charge in [-0.25, -0.2) is 13.2 Å². The first-order valence-electron chi connectivity index (χ1n) is 13.5. The lowest BCUT2D eigenvalue weighted by atomic mass is 9.94. The van der Waals surface area contributed by atoms with E-state index in [1.54, 1.807) is 47.5 Å². The van der Waals surface area contributed by atoms with E-state index in [1.165, 1.54) is 6.07 Å². The van der Waals surface area contributed by atoms with Crippen molar-refractivity contribution in [2.24, 2.45) is 0 Å². The van der Waals surface area contributed by atoms with E-state index >= 15 is 0 Å². The topological polar surface area (TPSA) is 94.2 Å². The number of hydrogen-bond donors (Lipinski definition) is 2. The molecule has 4 heterocycles. The fourth-order valence-electron chi connectivity index (χ4n) is 5.68. The Balaban J connectivity index is 1.20. The number of alkyl halides is 2. The molecule has 2 atom stereocenters. The summed E-state index contributed by atoms with van der Waals surface area (Å²) in [6, 6.07) is 14.4. The van der Waals surface area contributed by atoms with E-state index in [4.69, 9.17) is 0 Å². The number of amides is 2. The van der Waals surface area contributed by atoms with Crippen molar-refractivity contribution in [2.45, 2.75) is 44.3 Å². The van der Waals surface area contributed by atoms with E-state index in [-0.39, 0.29) is 30.9 Å². The van der Waals surface area contributed by atoms with Gasteiger partial charge in [0.15, 0.2) is 0 Å². The molecule has 0 radical (unpaired) electrons. The highest BCUT2D eigenvalue weighted by molar-refractivity contribution is 6.01. The van der Waals surface area contributed by atoms with Gasteiger partial charge in [-0.3, -0.25) is 24.6 Å². The van der Waals surface area contributed by atoms with Crippen LogP contribution in [0.5, 0.6) is 0 Å². The van der Waals surface area contributed by atoms with Crippen LogP contribution in [0.15, 0.2) is 60.8 Å². The summed E-state index contributed by atoms with van der Waals surface area (Å²) in [7, 11) is 0. The number of likely N-dealkylation sites (tertiary alicyclic amines) is 2. The highest BCUT2D eigenvalue weighted by Crippen LogP contribution is 2.31. The predicted molar refractivity (Wildman–Crippen MR) is 147 cm³/mol. The molecule has 2 saturated heterocycles. The molecule has 212 valence electrons. The number of benzene rings is 2. The average Bonchev–Trinajstić information content (AvgIpc) is 3.36. The Bertz CT molecular complexity index is 1610. The molecule has 41 heavy (non-hydrogen) atoms. The normalized spacial score (nSPS) is 20.5. The third kappa shape index (κ3) is 5.54. The Morgan fingerprint density at radius 3 is 2.66 bits per heavy atom. The number of hydrogen-bond acceptors (Lipinski definition) is 5. The van der Waals surface area contributed by atoms with E-state index < -0.39 is 30.9 Å². The maximum atomic E-state index is 14.5. The Morgan fingerprint density at radius 1 is 1.10 bits per heavy atom. The zero-order valence-electron chi connectivity index (χ0n) is 22.4. The van der Waals surface area contributed by atoms with Crippen molar-refractivity contribution in [3.8, 4) is 11.3 Å². The quantitative estimate of drug-likeness (QED) is 0.365. The summed E-state index contributed by atoms with van der Waals surface area (Å²) in [5.41, 5.74) is 4.09. The number of aromatic nitrogens is 3. The highest BCUT2D eigenvalue weighted by Gasteiger charge is 2.49. The smallest absolute Gasteiger partial charge is 0.282 e. The molecule has 2 aliphatic rings. The van der Waals surface area contributed by atoms with Gasteiger partial charge in [-0.05, 0) is 56.2 Å². The molecule has 1 unspecified atom stereocenters. The molecule has 11 heteroatoms. The van der Waals surface area contributed by atoms with Crippen LogP contribution in [0.4, 0.5) is 13.2 Å². The number of H-pyrrole nitrogens is 1. The average molecular weight is 563 g/mol.